The van der Waals surface area contributed by atoms with Gasteiger partial charge in [0.2, 0.25) is 5.54 Å². The van der Waals surface area contributed by atoms with E-state index in [1.165, 1.54) is 13.0 Å². The fraction of sp³-hybridized carbons (Fsp3) is 0.571. The predicted molar refractivity (Wildman–Crippen MR) is 74.0 cm³/mol. The second kappa shape index (κ2) is 7.01. The number of ether oxygens (including phenoxy) is 2. The number of hydrogen-bond donors (Lipinski definition) is 0. The number of nitrogens with zero attached hydrogens (tertiary/aromatic N) is 1. The van der Waals surface area contributed by atoms with Crippen molar-refractivity contribution in [1.29, 1.82) is 0 Å². The number of esters is 2. The number of rotatable bonds is 6. The van der Waals surface area contributed by atoms with Crippen molar-refractivity contribution in [3.05, 3.63) is 33.9 Å². The van der Waals surface area contributed by atoms with E-state index in [0.29, 0.717) is 0 Å². The summed E-state index contributed by atoms with van der Waals surface area (Å²) in [5.41, 5.74) is -1.44. The summed E-state index contributed by atoms with van der Waals surface area (Å²) in [6.45, 7) is 4.73. The minimum absolute atomic E-state index is 0.0764. The molecule has 0 radical (unpaired) electrons. The Labute approximate surface area is 122 Å². The zero-order chi connectivity index (χ0) is 16.0. The molecule has 0 amide bonds. The van der Waals surface area contributed by atoms with Crippen LogP contribution < -0.4 is 0 Å². The maximum atomic E-state index is 12.1. The van der Waals surface area contributed by atoms with E-state index in [-0.39, 0.29) is 25.2 Å². The van der Waals surface area contributed by atoms with Crippen LogP contribution in [-0.2, 0) is 19.1 Å². The zero-order valence-electron chi connectivity index (χ0n) is 12.3. The van der Waals surface area contributed by atoms with Crippen molar-refractivity contribution < 1.29 is 24.0 Å². The van der Waals surface area contributed by atoms with Gasteiger partial charge in [-0.25, -0.2) is 0 Å². The van der Waals surface area contributed by atoms with Crippen LogP contribution in [0.25, 0.3) is 0 Å². The normalized spacial score (nSPS) is 20.9. The van der Waals surface area contributed by atoms with Crippen LogP contribution in [-0.4, -0.2) is 35.6 Å². The second-order valence-corrected chi connectivity index (χ2v) is 4.72. The fourth-order valence-corrected chi connectivity index (χ4v) is 2.16. The highest BCUT2D eigenvalue weighted by Crippen LogP contribution is 2.35. The number of hydrogen-bond acceptors (Lipinski definition) is 6. The summed E-state index contributed by atoms with van der Waals surface area (Å²) in [7, 11) is 0. The lowest BCUT2D eigenvalue weighted by Crippen LogP contribution is -2.45. The number of nitro groups is 1. The Bertz CT molecular complexity index is 478. The van der Waals surface area contributed by atoms with E-state index in [9.17, 15) is 19.7 Å². The molecule has 0 aromatic carbocycles. The molecule has 1 aliphatic rings. The van der Waals surface area contributed by atoms with Crippen molar-refractivity contribution in [3.8, 4) is 0 Å². The van der Waals surface area contributed by atoms with Crippen molar-refractivity contribution in [2.24, 2.45) is 5.92 Å². The lowest BCUT2D eigenvalue weighted by atomic mass is 9.78. The van der Waals surface area contributed by atoms with E-state index in [1.54, 1.807) is 26.0 Å². The summed E-state index contributed by atoms with van der Waals surface area (Å²) < 4.78 is 9.74. The van der Waals surface area contributed by atoms with E-state index >= 15 is 0 Å². The van der Waals surface area contributed by atoms with Crippen LogP contribution in [0.3, 0.4) is 0 Å². The van der Waals surface area contributed by atoms with Gasteiger partial charge in [-0.1, -0.05) is 18.2 Å². The second-order valence-electron chi connectivity index (χ2n) is 4.72. The lowest BCUT2D eigenvalue weighted by molar-refractivity contribution is -0.553. The third kappa shape index (κ3) is 3.48. The molecule has 21 heavy (non-hydrogen) atoms. The van der Waals surface area contributed by atoms with Crippen molar-refractivity contribution in [2.45, 2.75) is 32.7 Å². The summed E-state index contributed by atoms with van der Waals surface area (Å²) >= 11 is 0. The summed E-state index contributed by atoms with van der Waals surface area (Å²) in [5, 5.41) is 11.4. The van der Waals surface area contributed by atoms with Crippen LogP contribution in [0.4, 0.5) is 0 Å². The summed E-state index contributed by atoms with van der Waals surface area (Å²) in [6.07, 6.45) is 4.73. The number of carbonyl (C=O) groups excluding carboxylic acids is 2. The molecule has 1 rings (SSSR count). The van der Waals surface area contributed by atoms with Crippen LogP contribution >= 0.6 is 0 Å². The molecular formula is C14H19NO6. The molecule has 0 spiro atoms. The smallest absolute Gasteiger partial charge is 0.324 e. The third-order valence-corrected chi connectivity index (χ3v) is 3.31. The van der Waals surface area contributed by atoms with Gasteiger partial charge in [0.15, 0.2) is 5.92 Å². The van der Waals surface area contributed by atoms with Gasteiger partial charge >= 0.3 is 11.9 Å². The van der Waals surface area contributed by atoms with Crippen molar-refractivity contribution in [1.82, 2.24) is 0 Å². The first kappa shape index (κ1) is 16.9. The van der Waals surface area contributed by atoms with Crippen LogP contribution in [0.15, 0.2) is 23.8 Å². The molecule has 0 aromatic heterocycles. The highest BCUT2D eigenvalue weighted by atomic mass is 16.6. The van der Waals surface area contributed by atoms with E-state index in [4.69, 9.17) is 9.47 Å². The van der Waals surface area contributed by atoms with E-state index in [0.717, 1.165) is 0 Å². The summed E-state index contributed by atoms with van der Waals surface area (Å²) in [5.74, 6) is -3.07. The average molecular weight is 297 g/mol. The largest absolute Gasteiger partial charge is 0.465 e. The van der Waals surface area contributed by atoms with Gasteiger partial charge in [-0.3, -0.25) is 19.7 Å². The van der Waals surface area contributed by atoms with Gasteiger partial charge in [0.1, 0.15) is 0 Å². The molecular weight excluding hydrogens is 278 g/mol. The molecule has 7 heteroatoms. The van der Waals surface area contributed by atoms with Gasteiger partial charge in [0, 0.05) is 23.8 Å². The van der Waals surface area contributed by atoms with Crippen molar-refractivity contribution >= 4 is 11.9 Å². The maximum Gasteiger partial charge on any atom is 0.324 e. The Morgan fingerprint density at radius 1 is 1.33 bits per heavy atom. The quantitative estimate of drug-likeness (QED) is 0.320. The van der Waals surface area contributed by atoms with Gasteiger partial charge in [0.25, 0.3) is 0 Å². The first-order valence-electron chi connectivity index (χ1n) is 6.73. The number of allylic oxidation sites excluding steroid dienone is 2. The zero-order valence-corrected chi connectivity index (χ0v) is 12.3. The summed E-state index contributed by atoms with van der Waals surface area (Å²) in [4.78, 5) is 35.0. The standard InChI is InChI=1S/C14H19NO6/c1-4-20-12(16)11(13(17)21-5-2)10-8-6-7-9-14(10,3)15(18)19/h6-8,11H,4-5,9H2,1-3H3. The van der Waals surface area contributed by atoms with Gasteiger partial charge < -0.3 is 9.47 Å². The van der Waals surface area contributed by atoms with E-state index in [2.05, 4.69) is 0 Å². The highest BCUT2D eigenvalue weighted by molar-refractivity contribution is 5.98. The Morgan fingerprint density at radius 2 is 1.86 bits per heavy atom. The Morgan fingerprint density at radius 3 is 2.29 bits per heavy atom. The first-order valence-corrected chi connectivity index (χ1v) is 6.73. The molecule has 1 aliphatic carbocycles. The highest BCUT2D eigenvalue weighted by Gasteiger charge is 2.50. The Hall–Kier alpha value is -2.18. The Kier molecular flexibility index (Phi) is 5.63. The fourth-order valence-electron chi connectivity index (χ4n) is 2.16. The van der Waals surface area contributed by atoms with Crippen LogP contribution in [0, 0.1) is 16.0 Å². The van der Waals surface area contributed by atoms with Crippen LogP contribution in [0.2, 0.25) is 0 Å². The molecule has 1 atom stereocenters. The summed E-state index contributed by atoms with van der Waals surface area (Å²) in [6, 6.07) is 0. The van der Waals surface area contributed by atoms with Crippen LogP contribution in [0.5, 0.6) is 0 Å². The van der Waals surface area contributed by atoms with Crippen LogP contribution in [0.1, 0.15) is 27.2 Å². The monoisotopic (exact) mass is 297 g/mol. The van der Waals surface area contributed by atoms with Gasteiger partial charge in [-0.2, -0.15) is 0 Å². The Balaban J connectivity index is 3.25. The third-order valence-electron chi connectivity index (χ3n) is 3.31. The molecule has 0 heterocycles. The molecule has 7 nitrogen and oxygen atoms in total. The van der Waals surface area contributed by atoms with Gasteiger partial charge in [0.05, 0.1) is 13.2 Å². The SMILES string of the molecule is CCOC(=O)C(C(=O)OCC)C1=CC=CCC1(C)[N+](=O)[O-]. The minimum atomic E-state index is -1.53. The topological polar surface area (TPSA) is 95.7 Å². The van der Waals surface area contributed by atoms with Crippen molar-refractivity contribution in [3.63, 3.8) is 0 Å². The molecule has 0 saturated heterocycles. The minimum Gasteiger partial charge on any atom is -0.465 e. The van der Waals surface area contributed by atoms with Gasteiger partial charge in [-0.15, -0.1) is 0 Å². The molecule has 0 aromatic rings. The molecule has 0 bridgehead atoms. The molecule has 1 unspecified atom stereocenters. The van der Waals surface area contributed by atoms with Gasteiger partial charge in [-0.05, 0) is 13.8 Å². The molecule has 0 aliphatic heterocycles. The first-order chi connectivity index (χ1) is 9.88. The predicted octanol–water partition coefficient (Wildman–Crippen LogP) is 1.65. The average Bonchev–Trinajstić information content (AvgIpc) is 2.42. The molecule has 0 fully saturated rings. The molecule has 0 saturated carbocycles. The maximum absolute atomic E-state index is 12.1. The molecule has 0 N–H and O–H groups in total. The number of carbonyl (C=O) groups is 2. The van der Waals surface area contributed by atoms with E-state index < -0.39 is 28.3 Å². The van der Waals surface area contributed by atoms with E-state index in [1.807, 2.05) is 0 Å². The van der Waals surface area contributed by atoms with Crippen molar-refractivity contribution in [2.75, 3.05) is 13.2 Å². The lowest BCUT2D eigenvalue weighted by Gasteiger charge is -2.28. The molecule has 116 valence electrons.